The van der Waals surface area contributed by atoms with E-state index in [-0.39, 0.29) is 24.7 Å². The quantitative estimate of drug-likeness (QED) is 0.676. The maximum atomic E-state index is 11.3. The number of carbonyl (C=O) groups is 1. The normalized spacial score (nSPS) is 28.4. The second-order valence-electron chi connectivity index (χ2n) is 3.74. The summed E-state index contributed by atoms with van der Waals surface area (Å²) < 4.78 is 11.0. The Bertz CT molecular complexity index is 405. The van der Waals surface area contributed by atoms with Gasteiger partial charge < -0.3 is 14.8 Å². The topological polar surface area (TPSA) is 47.6 Å². The van der Waals surface area contributed by atoms with Crippen molar-refractivity contribution in [1.82, 2.24) is 5.32 Å². The Kier molecular flexibility index (Phi) is 1.89. The molecule has 0 bridgehead atoms. The van der Waals surface area contributed by atoms with Crippen molar-refractivity contribution in [2.75, 3.05) is 13.2 Å². The average Bonchev–Trinajstić information content (AvgIpc) is 2.29. The fourth-order valence-corrected chi connectivity index (χ4v) is 2.05. The molecule has 1 amide bonds. The molecule has 0 aliphatic carbocycles. The zero-order valence-corrected chi connectivity index (χ0v) is 8.10. The van der Waals surface area contributed by atoms with Crippen molar-refractivity contribution < 1.29 is 14.3 Å². The first-order valence-corrected chi connectivity index (χ1v) is 4.97. The summed E-state index contributed by atoms with van der Waals surface area (Å²) in [4.78, 5) is 11.3. The summed E-state index contributed by atoms with van der Waals surface area (Å²) in [7, 11) is 0. The van der Waals surface area contributed by atoms with E-state index in [0.29, 0.717) is 6.61 Å². The summed E-state index contributed by atoms with van der Waals surface area (Å²) >= 11 is 0. The van der Waals surface area contributed by atoms with E-state index in [2.05, 4.69) is 5.32 Å². The van der Waals surface area contributed by atoms with Crippen molar-refractivity contribution in [2.24, 2.45) is 0 Å². The molecule has 0 spiro atoms. The molecule has 0 saturated carbocycles. The Balaban J connectivity index is 2.00. The summed E-state index contributed by atoms with van der Waals surface area (Å²) in [5.41, 5.74) is 1.00. The first-order valence-electron chi connectivity index (χ1n) is 4.97. The standard InChI is InChI=1S/C11H11NO3/c13-10-6-15-9-5-14-8-4-2-1-3-7(8)11(9)12-10/h1-4,9,11H,5-6H2,(H,12,13)/t9-,11+/m0/s1. The molecule has 0 radical (unpaired) electrons. The van der Waals surface area contributed by atoms with E-state index in [1.54, 1.807) is 0 Å². The summed E-state index contributed by atoms with van der Waals surface area (Å²) in [6, 6.07) is 7.67. The molecule has 1 N–H and O–H groups in total. The molecule has 0 unspecified atom stereocenters. The highest BCUT2D eigenvalue weighted by atomic mass is 16.5. The Morgan fingerprint density at radius 1 is 1.33 bits per heavy atom. The predicted octanol–water partition coefficient (Wildman–Crippen LogP) is 0.635. The fourth-order valence-electron chi connectivity index (χ4n) is 2.05. The van der Waals surface area contributed by atoms with E-state index in [1.165, 1.54) is 0 Å². The number of ether oxygens (including phenoxy) is 2. The number of benzene rings is 1. The molecule has 4 heteroatoms. The molecule has 1 aromatic rings. The molecule has 4 nitrogen and oxygen atoms in total. The van der Waals surface area contributed by atoms with Crippen molar-refractivity contribution in [1.29, 1.82) is 0 Å². The molecule has 78 valence electrons. The molecule has 3 rings (SSSR count). The summed E-state index contributed by atoms with van der Waals surface area (Å²) in [6.07, 6.45) is -0.0578. The third kappa shape index (κ3) is 1.37. The van der Waals surface area contributed by atoms with Gasteiger partial charge in [0.25, 0.3) is 0 Å². The zero-order valence-electron chi connectivity index (χ0n) is 8.10. The highest BCUT2D eigenvalue weighted by Crippen LogP contribution is 2.34. The van der Waals surface area contributed by atoms with Crippen molar-refractivity contribution in [3.63, 3.8) is 0 Å². The lowest BCUT2D eigenvalue weighted by Gasteiger charge is -2.36. The van der Waals surface area contributed by atoms with Gasteiger partial charge in [0.2, 0.25) is 5.91 Å². The molecular formula is C11H11NO3. The summed E-state index contributed by atoms with van der Waals surface area (Å²) in [5, 5.41) is 2.93. The number of morpholine rings is 1. The number of amides is 1. The van der Waals surface area contributed by atoms with E-state index in [9.17, 15) is 4.79 Å². The van der Waals surface area contributed by atoms with Gasteiger partial charge in [-0.05, 0) is 6.07 Å². The molecule has 2 atom stereocenters. The van der Waals surface area contributed by atoms with Crippen LogP contribution in [0.3, 0.4) is 0 Å². The molecule has 1 fully saturated rings. The van der Waals surface area contributed by atoms with Crippen molar-refractivity contribution >= 4 is 5.91 Å². The van der Waals surface area contributed by atoms with E-state index >= 15 is 0 Å². The second-order valence-corrected chi connectivity index (χ2v) is 3.74. The molecule has 0 aromatic heterocycles. The molecule has 1 saturated heterocycles. The van der Waals surface area contributed by atoms with Crippen molar-refractivity contribution in [3.8, 4) is 5.75 Å². The van der Waals surface area contributed by atoms with Gasteiger partial charge in [0.1, 0.15) is 25.1 Å². The molecule has 2 aliphatic heterocycles. The van der Waals surface area contributed by atoms with Gasteiger partial charge in [-0.25, -0.2) is 0 Å². The summed E-state index contributed by atoms with van der Waals surface area (Å²) in [5.74, 6) is 0.775. The SMILES string of the molecule is O=C1CO[C@H]2COc3ccccc3[C@H]2N1. The van der Waals surface area contributed by atoms with Crippen LogP contribution in [-0.2, 0) is 9.53 Å². The van der Waals surface area contributed by atoms with Crippen LogP contribution >= 0.6 is 0 Å². The number of hydrogen-bond donors (Lipinski definition) is 1. The van der Waals surface area contributed by atoms with Crippen LogP contribution in [0.1, 0.15) is 11.6 Å². The molecule has 2 heterocycles. The smallest absolute Gasteiger partial charge is 0.246 e. The van der Waals surface area contributed by atoms with Gasteiger partial charge in [-0.1, -0.05) is 18.2 Å². The van der Waals surface area contributed by atoms with Crippen molar-refractivity contribution in [2.45, 2.75) is 12.1 Å². The highest BCUT2D eigenvalue weighted by molar-refractivity contribution is 5.78. The van der Waals surface area contributed by atoms with Gasteiger partial charge in [-0.3, -0.25) is 4.79 Å². The van der Waals surface area contributed by atoms with Gasteiger partial charge in [0.15, 0.2) is 0 Å². The Hall–Kier alpha value is -1.55. The number of fused-ring (bicyclic) bond motifs is 3. The third-order valence-corrected chi connectivity index (χ3v) is 2.77. The van der Waals surface area contributed by atoms with Crippen LogP contribution in [0.5, 0.6) is 5.75 Å². The second kappa shape index (κ2) is 3.24. The molecule has 1 aromatic carbocycles. The number of nitrogens with one attached hydrogen (secondary N) is 1. The monoisotopic (exact) mass is 205 g/mol. The van der Waals surface area contributed by atoms with Gasteiger partial charge in [-0.15, -0.1) is 0 Å². The van der Waals surface area contributed by atoms with E-state index < -0.39 is 0 Å². The van der Waals surface area contributed by atoms with Gasteiger partial charge in [-0.2, -0.15) is 0 Å². The van der Waals surface area contributed by atoms with Gasteiger partial charge in [0.05, 0.1) is 6.04 Å². The maximum absolute atomic E-state index is 11.3. The van der Waals surface area contributed by atoms with E-state index in [0.717, 1.165) is 11.3 Å². The minimum absolute atomic E-state index is 0.0578. The average molecular weight is 205 g/mol. The Morgan fingerprint density at radius 2 is 2.20 bits per heavy atom. The first kappa shape index (κ1) is 8.73. The van der Waals surface area contributed by atoms with Gasteiger partial charge >= 0.3 is 0 Å². The lowest BCUT2D eigenvalue weighted by Crippen LogP contribution is -2.50. The number of rotatable bonds is 0. The van der Waals surface area contributed by atoms with Crippen molar-refractivity contribution in [3.05, 3.63) is 29.8 Å². The molecule has 2 aliphatic rings. The Morgan fingerprint density at radius 3 is 3.13 bits per heavy atom. The minimum Gasteiger partial charge on any atom is -0.490 e. The molecule has 15 heavy (non-hydrogen) atoms. The van der Waals surface area contributed by atoms with Crippen LogP contribution in [0.4, 0.5) is 0 Å². The molecular weight excluding hydrogens is 194 g/mol. The number of hydrogen-bond acceptors (Lipinski definition) is 3. The van der Waals surface area contributed by atoms with Crippen LogP contribution in [-0.4, -0.2) is 25.2 Å². The summed E-state index contributed by atoms with van der Waals surface area (Å²) in [6.45, 7) is 0.634. The third-order valence-electron chi connectivity index (χ3n) is 2.77. The minimum atomic E-state index is -0.0621. The number of carbonyl (C=O) groups excluding carboxylic acids is 1. The zero-order chi connectivity index (χ0) is 10.3. The van der Waals surface area contributed by atoms with Crippen LogP contribution in [0, 0.1) is 0 Å². The van der Waals surface area contributed by atoms with Crippen LogP contribution in [0.2, 0.25) is 0 Å². The predicted molar refractivity (Wildman–Crippen MR) is 52.6 cm³/mol. The highest BCUT2D eigenvalue weighted by Gasteiger charge is 2.36. The first-order chi connectivity index (χ1) is 7.34. The lowest BCUT2D eigenvalue weighted by atomic mass is 9.97. The van der Waals surface area contributed by atoms with E-state index in [4.69, 9.17) is 9.47 Å². The lowest BCUT2D eigenvalue weighted by molar-refractivity contribution is -0.140. The van der Waals surface area contributed by atoms with Crippen LogP contribution in [0.25, 0.3) is 0 Å². The number of para-hydroxylation sites is 1. The van der Waals surface area contributed by atoms with E-state index in [1.807, 2.05) is 24.3 Å². The maximum Gasteiger partial charge on any atom is 0.246 e. The fraction of sp³-hybridized carbons (Fsp3) is 0.364. The van der Waals surface area contributed by atoms with Gasteiger partial charge in [0, 0.05) is 5.56 Å². The van der Waals surface area contributed by atoms with Crippen LogP contribution in [0.15, 0.2) is 24.3 Å². The van der Waals surface area contributed by atoms with Crippen LogP contribution < -0.4 is 10.1 Å². The Labute approximate surface area is 87.2 Å². The largest absolute Gasteiger partial charge is 0.490 e.